The van der Waals surface area contributed by atoms with E-state index in [9.17, 15) is 4.79 Å². The van der Waals surface area contributed by atoms with Crippen molar-refractivity contribution in [2.24, 2.45) is 0 Å². The molecule has 0 unspecified atom stereocenters. The molecule has 11 heteroatoms. The zero-order valence-electron chi connectivity index (χ0n) is 25.0. The molecule has 1 aromatic heterocycles. The molecule has 1 aliphatic heterocycles. The molecule has 2 heterocycles. The molecular weight excluding hydrogens is 613 g/mol. The lowest BCUT2D eigenvalue weighted by atomic mass is 9.88. The number of carboxylic acids is 1. The van der Waals surface area contributed by atoms with Gasteiger partial charge < -0.3 is 25.2 Å². The fourth-order valence-corrected chi connectivity index (χ4v) is 5.94. The Morgan fingerprint density at radius 1 is 0.889 bits per heavy atom. The zero-order chi connectivity index (χ0) is 30.5. The third-order valence-electron chi connectivity index (χ3n) is 8.21. The van der Waals surface area contributed by atoms with Crippen molar-refractivity contribution in [1.82, 2.24) is 14.9 Å². The Morgan fingerprint density at radius 3 is 2.36 bits per heavy atom. The van der Waals surface area contributed by atoms with Crippen molar-refractivity contribution in [3.8, 4) is 22.8 Å². The summed E-state index contributed by atoms with van der Waals surface area (Å²) in [5, 5.41) is 9.73. The topological polar surface area (TPSA) is 114 Å². The lowest BCUT2D eigenvalue weighted by Gasteiger charge is -2.37. The van der Waals surface area contributed by atoms with E-state index in [1.165, 1.54) is 11.1 Å². The molecule has 1 aliphatic carbocycles. The highest BCUT2D eigenvalue weighted by Crippen LogP contribution is 2.38. The number of aromatic nitrogens is 2. The summed E-state index contributed by atoms with van der Waals surface area (Å²) < 4.78 is 11.9. The summed E-state index contributed by atoms with van der Waals surface area (Å²) in [4.78, 5) is 25.2. The predicted molar refractivity (Wildman–Crippen MR) is 179 cm³/mol. The monoisotopic (exact) mass is 649 g/mol. The summed E-state index contributed by atoms with van der Waals surface area (Å²) >= 11 is 6.00. The summed E-state index contributed by atoms with van der Waals surface area (Å²) in [5.41, 5.74) is 12.0. The first-order chi connectivity index (χ1) is 21.4. The summed E-state index contributed by atoms with van der Waals surface area (Å²) in [6.07, 6.45) is 3.72. The standard InChI is InChI=1S/C34H36ClN5O4.ClH/c35-26-8-3-23(4-9-26)22-44-28-12-14-29-25(21-28)7-13-30-31(29)37-34(36)38-32(30)40-18-16-39(17-19-40)15-1-2-20-43-27-10-5-24(6-11-27)33(41)42;/h3-6,8-12,14,21H,1-2,7,13,15-20,22H2,(H,41,42)(H2,36,37,38);1H. The van der Waals surface area contributed by atoms with E-state index in [2.05, 4.69) is 26.9 Å². The number of ether oxygens (including phenoxy) is 2. The van der Waals surface area contributed by atoms with Gasteiger partial charge in [-0.15, -0.1) is 12.4 Å². The van der Waals surface area contributed by atoms with Crippen LogP contribution in [0, 0.1) is 0 Å². The Balaban J connectivity index is 0.00000400. The van der Waals surface area contributed by atoms with Gasteiger partial charge in [-0.1, -0.05) is 23.7 Å². The molecule has 6 rings (SSSR count). The first-order valence-electron chi connectivity index (χ1n) is 15.0. The smallest absolute Gasteiger partial charge is 0.335 e. The van der Waals surface area contributed by atoms with Gasteiger partial charge >= 0.3 is 5.97 Å². The predicted octanol–water partition coefficient (Wildman–Crippen LogP) is 6.16. The van der Waals surface area contributed by atoms with E-state index in [-0.39, 0.29) is 18.0 Å². The molecule has 1 fully saturated rings. The largest absolute Gasteiger partial charge is 0.494 e. The average molecular weight is 651 g/mol. The van der Waals surface area contributed by atoms with E-state index >= 15 is 0 Å². The lowest BCUT2D eigenvalue weighted by Crippen LogP contribution is -2.47. The molecule has 0 saturated carbocycles. The molecule has 3 N–H and O–H groups in total. The van der Waals surface area contributed by atoms with E-state index in [0.717, 1.165) is 86.8 Å². The number of unbranched alkanes of at least 4 members (excludes halogenated alkanes) is 1. The molecule has 0 bridgehead atoms. The fourth-order valence-electron chi connectivity index (χ4n) is 5.81. The minimum Gasteiger partial charge on any atom is -0.494 e. The van der Waals surface area contributed by atoms with Gasteiger partial charge in [0.25, 0.3) is 0 Å². The molecule has 2 aliphatic rings. The van der Waals surface area contributed by atoms with Crippen LogP contribution in [0.1, 0.15) is 39.9 Å². The minimum atomic E-state index is -0.934. The van der Waals surface area contributed by atoms with E-state index in [0.29, 0.717) is 29.9 Å². The first-order valence-corrected chi connectivity index (χ1v) is 15.4. The Labute approximate surface area is 274 Å². The van der Waals surface area contributed by atoms with Crippen molar-refractivity contribution in [2.45, 2.75) is 32.3 Å². The van der Waals surface area contributed by atoms with E-state index in [1.54, 1.807) is 24.3 Å². The van der Waals surface area contributed by atoms with Gasteiger partial charge in [0.15, 0.2) is 0 Å². The lowest BCUT2D eigenvalue weighted by molar-refractivity contribution is 0.0697. The number of fused-ring (bicyclic) bond motifs is 3. The number of nitrogens with zero attached hydrogens (tertiary/aromatic N) is 4. The van der Waals surface area contributed by atoms with Gasteiger partial charge in [-0.25, -0.2) is 9.78 Å². The fraction of sp³-hybridized carbons (Fsp3) is 0.324. The van der Waals surface area contributed by atoms with Crippen LogP contribution in [-0.2, 0) is 19.4 Å². The second-order valence-corrected chi connectivity index (χ2v) is 11.6. The highest BCUT2D eigenvalue weighted by molar-refractivity contribution is 6.30. The van der Waals surface area contributed by atoms with Gasteiger partial charge in [-0.2, -0.15) is 4.98 Å². The maximum Gasteiger partial charge on any atom is 0.335 e. The van der Waals surface area contributed by atoms with Crippen molar-refractivity contribution in [1.29, 1.82) is 0 Å². The van der Waals surface area contributed by atoms with Crippen LogP contribution in [0.25, 0.3) is 11.3 Å². The second kappa shape index (κ2) is 14.8. The van der Waals surface area contributed by atoms with Crippen LogP contribution >= 0.6 is 24.0 Å². The molecular formula is C34H37Cl2N5O4. The third kappa shape index (κ3) is 7.97. The molecule has 1 saturated heterocycles. The van der Waals surface area contributed by atoms with Gasteiger partial charge in [0.05, 0.1) is 17.9 Å². The van der Waals surface area contributed by atoms with Crippen molar-refractivity contribution in [2.75, 3.05) is 50.0 Å². The number of halogens is 2. The van der Waals surface area contributed by atoms with Crippen LogP contribution in [0.2, 0.25) is 5.02 Å². The average Bonchev–Trinajstić information content (AvgIpc) is 3.04. The molecule has 0 amide bonds. The van der Waals surface area contributed by atoms with E-state index in [1.807, 2.05) is 30.3 Å². The molecule has 236 valence electrons. The number of rotatable bonds is 11. The SMILES string of the molecule is Cl.Nc1nc2c(c(N3CCN(CCCCOc4ccc(C(=O)O)cc4)CC3)n1)CCc1cc(OCc3ccc(Cl)cc3)ccc1-2. The van der Waals surface area contributed by atoms with Gasteiger partial charge in [0, 0.05) is 42.3 Å². The van der Waals surface area contributed by atoms with Gasteiger partial charge in [-0.3, -0.25) is 4.90 Å². The number of benzene rings is 3. The number of hydrogen-bond donors (Lipinski definition) is 2. The van der Waals surface area contributed by atoms with Crippen LogP contribution in [0.3, 0.4) is 0 Å². The van der Waals surface area contributed by atoms with Crippen molar-refractivity contribution in [3.05, 3.63) is 94.0 Å². The molecule has 0 spiro atoms. The molecule has 45 heavy (non-hydrogen) atoms. The van der Waals surface area contributed by atoms with E-state index < -0.39 is 5.97 Å². The van der Waals surface area contributed by atoms with Crippen molar-refractivity contribution >= 4 is 41.7 Å². The van der Waals surface area contributed by atoms with Crippen LogP contribution in [0.15, 0.2) is 66.7 Å². The number of aromatic carboxylic acids is 1. The zero-order valence-corrected chi connectivity index (χ0v) is 26.5. The highest BCUT2D eigenvalue weighted by Gasteiger charge is 2.27. The Morgan fingerprint density at radius 2 is 1.62 bits per heavy atom. The summed E-state index contributed by atoms with van der Waals surface area (Å²) in [6.45, 7) is 5.79. The quantitative estimate of drug-likeness (QED) is 0.184. The van der Waals surface area contributed by atoms with Gasteiger partial charge in [0.1, 0.15) is 23.9 Å². The van der Waals surface area contributed by atoms with Crippen molar-refractivity contribution < 1.29 is 19.4 Å². The number of aryl methyl sites for hydroxylation is 1. The Hall–Kier alpha value is -4.05. The van der Waals surface area contributed by atoms with Gasteiger partial charge in [-0.05, 0) is 98.0 Å². The normalized spacial score (nSPS) is 14.2. The first kappa shape index (κ1) is 32.3. The molecule has 0 atom stereocenters. The molecule has 9 nitrogen and oxygen atoms in total. The maximum absolute atomic E-state index is 11.0. The number of anilines is 2. The van der Waals surface area contributed by atoms with Crippen LogP contribution in [0.4, 0.5) is 11.8 Å². The number of carbonyl (C=O) groups is 1. The van der Waals surface area contributed by atoms with Crippen LogP contribution in [0.5, 0.6) is 11.5 Å². The number of nitrogens with two attached hydrogens (primary N) is 1. The van der Waals surface area contributed by atoms with Gasteiger partial charge in [0.2, 0.25) is 5.95 Å². The maximum atomic E-state index is 11.0. The summed E-state index contributed by atoms with van der Waals surface area (Å²) in [7, 11) is 0. The molecule has 4 aromatic rings. The van der Waals surface area contributed by atoms with Crippen LogP contribution in [-0.4, -0.2) is 65.3 Å². The number of hydrogen-bond acceptors (Lipinski definition) is 8. The number of carboxylic acid groups (broad SMARTS) is 1. The molecule has 3 aromatic carbocycles. The molecule has 0 radical (unpaired) electrons. The summed E-state index contributed by atoms with van der Waals surface area (Å²) in [5.74, 6) is 1.86. The third-order valence-corrected chi connectivity index (χ3v) is 8.46. The summed E-state index contributed by atoms with van der Waals surface area (Å²) in [6, 6.07) is 20.4. The highest BCUT2D eigenvalue weighted by atomic mass is 35.5. The van der Waals surface area contributed by atoms with Crippen molar-refractivity contribution in [3.63, 3.8) is 0 Å². The second-order valence-electron chi connectivity index (χ2n) is 11.2. The number of piperazine rings is 1. The van der Waals surface area contributed by atoms with E-state index in [4.69, 9.17) is 36.9 Å². The Bertz CT molecular complexity index is 1610. The Kier molecular flexibility index (Phi) is 10.7. The van der Waals surface area contributed by atoms with Crippen LogP contribution < -0.4 is 20.1 Å². The number of nitrogen functional groups attached to an aromatic ring is 1. The minimum absolute atomic E-state index is 0.